The maximum Gasteiger partial charge on any atom is 0.0956 e. The number of nitrogens with zero attached hydrogens (tertiary/aromatic N) is 2. The Morgan fingerprint density at radius 3 is 2.84 bits per heavy atom. The summed E-state index contributed by atoms with van der Waals surface area (Å²) < 4.78 is 2.24. The van der Waals surface area contributed by atoms with Crippen LogP contribution in [0.1, 0.15) is 31.9 Å². The topological polar surface area (TPSA) is 38.1 Å². The second-order valence-electron chi connectivity index (χ2n) is 6.50. The van der Waals surface area contributed by atoms with Gasteiger partial charge in [0.1, 0.15) is 0 Å². The fraction of sp³-hybridized carbons (Fsp3) is 0.438. The number of aliphatic hydroxyl groups is 1. The molecule has 2 aliphatic rings. The Morgan fingerprint density at radius 2 is 2.11 bits per heavy atom. The van der Waals surface area contributed by atoms with Crippen LogP contribution in [-0.4, -0.2) is 20.8 Å². The van der Waals surface area contributed by atoms with Gasteiger partial charge < -0.3 is 9.67 Å². The first kappa shape index (κ1) is 11.2. The number of hydrogen-bond donors (Lipinski definition) is 1. The van der Waals surface area contributed by atoms with Gasteiger partial charge in [0.2, 0.25) is 0 Å². The van der Waals surface area contributed by atoms with Crippen LogP contribution in [0.3, 0.4) is 0 Å². The summed E-state index contributed by atoms with van der Waals surface area (Å²) in [6, 6.07) is 8.73. The van der Waals surface area contributed by atoms with E-state index in [0.717, 1.165) is 6.42 Å². The molecule has 1 aromatic carbocycles. The Morgan fingerprint density at radius 1 is 1.32 bits per heavy atom. The maximum absolute atomic E-state index is 10.3. The fourth-order valence-corrected chi connectivity index (χ4v) is 4.04. The number of rotatable bonds is 1. The van der Waals surface area contributed by atoms with Gasteiger partial charge in [-0.3, -0.25) is 0 Å². The van der Waals surface area contributed by atoms with Gasteiger partial charge in [0, 0.05) is 11.5 Å². The first-order valence-corrected chi connectivity index (χ1v) is 6.89. The molecule has 0 bridgehead atoms. The molecule has 0 amide bonds. The van der Waals surface area contributed by atoms with Gasteiger partial charge in [0.25, 0.3) is 0 Å². The van der Waals surface area contributed by atoms with Gasteiger partial charge in [-0.2, -0.15) is 0 Å². The van der Waals surface area contributed by atoms with Crippen molar-refractivity contribution in [3.63, 3.8) is 0 Å². The van der Waals surface area contributed by atoms with Crippen LogP contribution >= 0.6 is 0 Å². The van der Waals surface area contributed by atoms with E-state index in [4.69, 9.17) is 0 Å². The van der Waals surface area contributed by atoms with Gasteiger partial charge in [0.15, 0.2) is 0 Å². The molecular formula is C16H18N2O. The first-order chi connectivity index (χ1) is 9.09. The lowest BCUT2D eigenvalue weighted by Gasteiger charge is -2.52. The van der Waals surface area contributed by atoms with Crippen LogP contribution in [0, 0.1) is 11.3 Å². The summed E-state index contributed by atoms with van der Waals surface area (Å²) in [4.78, 5) is 4.29. The number of benzene rings is 1. The van der Waals surface area contributed by atoms with Gasteiger partial charge in [-0.1, -0.05) is 38.1 Å². The Kier molecular flexibility index (Phi) is 2.06. The van der Waals surface area contributed by atoms with Gasteiger partial charge >= 0.3 is 0 Å². The van der Waals surface area contributed by atoms with Crippen LogP contribution in [-0.2, 0) is 0 Å². The van der Waals surface area contributed by atoms with E-state index in [0.29, 0.717) is 0 Å². The van der Waals surface area contributed by atoms with Crippen LogP contribution in [0.4, 0.5) is 0 Å². The van der Waals surface area contributed by atoms with Crippen molar-refractivity contribution in [2.24, 2.45) is 11.3 Å². The van der Waals surface area contributed by atoms with Crippen LogP contribution in [0.15, 0.2) is 36.8 Å². The van der Waals surface area contributed by atoms with E-state index in [-0.39, 0.29) is 23.5 Å². The zero-order valence-corrected chi connectivity index (χ0v) is 11.2. The number of imidazole rings is 1. The van der Waals surface area contributed by atoms with Crippen molar-refractivity contribution in [1.29, 1.82) is 0 Å². The van der Waals surface area contributed by atoms with E-state index >= 15 is 0 Å². The van der Waals surface area contributed by atoms with E-state index < -0.39 is 0 Å². The highest BCUT2D eigenvalue weighted by Crippen LogP contribution is 2.56. The predicted octanol–water partition coefficient (Wildman–Crippen LogP) is 2.86. The Bertz CT molecular complexity index is 644. The zero-order valence-electron chi connectivity index (χ0n) is 11.2. The lowest BCUT2D eigenvalue weighted by Crippen LogP contribution is -2.51. The van der Waals surface area contributed by atoms with Gasteiger partial charge in [0.05, 0.1) is 30.4 Å². The molecular weight excluding hydrogens is 236 g/mol. The molecule has 1 aliphatic carbocycles. The number of aliphatic hydroxyl groups excluding tert-OH is 1. The summed E-state index contributed by atoms with van der Waals surface area (Å²) in [5, 5.41) is 10.3. The molecule has 3 atom stereocenters. The standard InChI is InChI=1S/C16H18N2O/c1-16(2)7-13(19)14(16)15-11-6-4-3-5-10(11)12-8-17-9-18(12)15/h3-6,8-9,13-15,19H,7H2,1-2H3/t13-,14-,15?/m0/s1. The monoisotopic (exact) mass is 254 g/mol. The third-order valence-electron chi connectivity index (χ3n) is 4.91. The Balaban J connectivity index is 1.90. The van der Waals surface area contributed by atoms with E-state index in [1.165, 1.54) is 16.8 Å². The molecule has 1 unspecified atom stereocenters. The highest BCUT2D eigenvalue weighted by molar-refractivity contribution is 5.69. The van der Waals surface area contributed by atoms with Gasteiger partial charge in [-0.15, -0.1) is 0 Å². The Hall–Kier alpha value is -1.61. The molecule has 1 fully saturated rings. The van der Waals surface area contributed by atoms with Crippen molar-refractivity contribution in [2.75, 3.05) is 0 Å². The number of fused-ring (bicyclic) bond motifs is 3. The lowest BCUT2D eigenvalue weighted by atomic mass is 9.57. The average molecular weight is 254 g/mol. The third kappa shape index (κ3) is 1.34. The molecule has 19 heavy (non-hydrogen) atoms. The minimum Gasteiger partial charge on any atom is -0.393 e. The number of aromatic nitrogens is 2. The molecule has 1 aromatic heterocycles. The molecule has 1 aliphatic heterocycles. The summed E-state index contributed by atoms with van der Waals surface area (Å²) >= 11 is 0. The largest absolute Gasteiger partial charge is 0.393 e. The van der Waals surface area contributed by atoms with Gasteiger partial charge in [-0.05, 0) is 17.4 Å². The van der Waals surface area contributed by atoms with Crippen LogP contribution < -0.4 is 0 Å². The normalized spacial score (nSPS) is 30.6. The quantitative estimate of drug-likeness (QED) is 0.849. The molecule has 0 spiro atoms. The van der Waals surface area contributed by atoms with Crippen molar-refractivity contribution in [3.05, 3.63) is 42.4 Å². The SMILES string of the molecule is CC1(C)C[C@H](O)[C@H]1C1c2ccccc2-c2cncn21. The van der Waals surface area contributed by atoms with E-state index in [1.54, 1.807) is 0 Å². The van der Waals surface area contributed by atoms with Gasteiger partial charge in [-0.25, -0.2) is 4.98 Å². The van der Waals surface area contributed by atoms with Crippen molar-refractivity contribution >= 4 is 0 Å². The molecule has 2 aromatic rings. The second-order valence-corrected chi connectivity index (χ2v) is 6.50. The predicted molar refractivity (Wildman–Crippen MR) is 73.7 cm³/mol. The second kappa shape index (κ2) is 3.48. The molecule has 0 saturated heterocycles. The summed E-state index contributed by atoms with van der Waals surface area (Å²) in [7, 11) is 0. The zero-order chi connectivity index (χ0) is 13.2. The van der Waals surface area contributed by atoms with Crippen molar-refractivity contribution in [2.45, 2.75) is 32.4 Å². The molecule has 0 radical (unpaired) electrons. The third-order valence-corrected chi connectivity index (χ3v) is 4.91. The van der Waals surface area contributed by atoms with E-state index in [9.17, 15) is 5.11 Å². The van der Waals surface area contributed by atoms with Crippen molar-refractivity contribution in [3.8, 4) is 11.3 Å². The molecule has 3 heteroatoms. The number of hydrogen-bond acceptors (Lipinski definition) is 2. The summed E-state index contributed by atoms with van der Waals surface area (Å²) in [6.07, 6.45) is 4.51. The van der Waals surface area contributed by atoms with E-state index in [2.05, 4.69) is 47.7 Å². The molecule has 3 nitrogen and oxygen atoms in total. The average Bonchev–Trinajstić information content (AvgIpc) is 2.92. The summed E-state index contributed by atoms with van der Waals surface area (Å²) in [5.41, 5.74) is 3.95. The lowest BCUT2D eigenvalue weighted by molar-refractivity contribution is -0.103. The minimum absolute atomic E-state index is 0.184. The summed E-state index contributed by atoms with van der Waals surface area (Å²) in [6.45, 7) is 4.50. The van der Waals surface area contributed by atoms with Crippen LogP contribution in [0.2, 0.25) is 0 Å². The summed E-state index contributed by atoms with van der Waals surface area (Å²) in [5.74, 6) is 0.268. The van der Waals surface area contributed by atoms with Crippen LogP contribution in [0.25, 0.3) is 11.3 Å². The highest BCUT2D eigenvalue weighted by atomic mass is 16.3. The molecule has 1 N–H and O–H groups in total. The van der Waals surface area contributed by atoms with Crippen molar-refractivity contribution in [1.82, 2.24) is 9.55 Å². The molecule has 4 rings (SSSR count). The van der Waals surface area contributed by atoms with Crippen LogP contribution in [0.5, 0.6) is 0 Å². The Labute approximate surface area is 112 Å². The smallest absolute Gasteiger partial charge is 0.0956 e. The highest BCUT2D eigenvalue weighted by Gasteiger charge is 2.53. The molecule has 1 saturated carbocycles. The maximum atomic E-state index is 10.3. The fourth-order valence-electron chi connectivity index (χ4n) is 4.04. The minimum atomic E-state index is -0.207. The molecule has 98 valence electrons. The first-order valence-electron chi connectivity index (χ1n) is 6.89. The molecule has 2 heterocycles. The van der Waals surface area contributed by atoms with Crippen molar-refractivity contribution < 1.29 is 5.11 Å². The van der Waals surface area contributed by atoms with E-state index in [1.807, 2.05) is 12.5 Å².